The Morgan fingerprint density at radius 2 is 1.07 bits per heavy atom. The zero-order valence-electron chi connectivity index (χ0n) is 8.80. The van der Waals surface area contributed by atoms with Gasteiger partial charge in [-0.1, -0.05) is 0 Å². The minimum absolute atomic E-state index is 0. The van der Waals surface area contributed by atoms with Crippen molar-refractivity contribution in [2.75, 3.05) is 41.0 Å². The van der Waals surface area contributed by atoms with E-state index in [1.54, 1.807) is 0 Å². The number of aliphatic hydroxyl groups is 3. The molecule has 0 aliphatic rings. The van der Waals surface area contributed by atoms with Crippen LogP contribution in [0.5, 0.6) is 0 Å². The molecule has 0 rings (SSSR count). The first-order valence-corrected chi connectivity index (χ1v) is 3.64. The van der Waals surface area contributed by atoms with Crippen LogP contribution < -0.4 is 5.73 Å². The SMILES string of the molecule is CN(C)C.Cl.Cl.NC(CO)(CO)CO. The van der Waals surface area contributed by atoms with Gasteiger partial charge in [0.1, 0.15) is 0 Å². The molecule has 0 spiro atoms. The van der Waals surface area contributed by atoms with E-state index >= 15 is 0 Å². The zero-order chi connectivity index (χ0) is 10.2. The molecule has 0 saturated carbocycles. The van der Waals surface area contributed by atoms with Gasteiger partial charge in [0, 0.05) is 0 Å². The molecule has 5 N–H and O–H groups in total. The summed E-state index contributed by atoms with van der Waals surface area (Å²) >= 11 is 0. The molecule has 0 unspecified atom stereocenters. The maximum Gasteiger partial charge on any atom is 0.0856 e. The van der Waals surface area contributed by atoms with Crippen LogP contribution in [0.2, 0.25) is 0 Å². The lowest BCUT2D eigenvalue weighted by atomic mass is 10.1. The highest BCUT2D eigenvalue weighted by Gasteiger charge is 2.20. The largest absolute Gasteiger partial charge is 0.394 e. The topological polar surface area (TPSA) is 90.0 Å². The van der Waals surface area contributed by atoms with Gasteiger partial charge in [0.05, 0.1) is 25.4 Å². The Bertz CT molecular complexity index is 91.9. The van der Waals surface area contributed by atoms with Gasteiger partial charge in [-0.3, -0.25) is 0 Å². The van der Waals surface area contributed by atoms with Crippen LogP contribution in [0.15, 0.2) is 0 Å². The van der Waals surface area contributed by atoms with E-state index in [2.05, 4.69) is 0 Å². The molecule has 0 bridgehead atoms. The Kier molecular flexibility index (Phi) is 22.8. The lowest BCUT2D eigenvalue weighted by Gasteiger charge is -2.20. The third-order valence-electron chi connectivity index (χ3n) is 0.945. The molecule has 92 valence electrons. The van der Waals surface area contributed by atoms with Crippen LogP contribution >= 0.6 is 24.8 Å². The standard InChI is InChI=1S/C4H11NO3.C3H9N.2ClH/c5-4(1-6,2-7)3-8;1-4(2)3;;/h6-8H,1-3,5H2;1-3H3;2*1H. The molecule has 0 atom stereocenters. The van der Waals surface area contributed by atoms with E-state index in [1.807, 2.05) is 26.0 Å². The number of halogens is 2. The Labute approximate surface area is 97.7 Å². The fraction of sp³-hybridized carbons (Fsp3) is 1.00. The molecule has 0 fully saturated rings. The molecule has 5 nitrogen and oxygen atoms in total. The average Bonchev–Trinajstić information content (AvgIpc) is 2.02. The van der Waals surface area contributed by atoms with Gasteiger partial charge < -0.3 is 26.0 Å². The fourth-order valence-corrected chi connectivity index (χ4v) is 0.150. The first-order valence-electron chi connectivity index (χ1n) is 3.64. The summed E-state index contributed by atoms with van der Waals surface area (Å²) < 4.78 is 0. The average molecular weight is 253 g/mol. The summed E-state index contributed by atoms with van der Waals surface area (Å²) in [5, 5.41) is 25.0. The van der Waals surface area contributed by atoms with Crippen LogP contribution in [0.4, 0.5) is 0 Å². The predicted octanol–water partition coefficient (Wildman–Crippen LogP) is -1.32. The lowest BCUT2D eigenvalue weighted by molar-refractivity contribution is 0.0698. The van der Waals surface area contributed by atoms with E-state index in [-0.39, 0.29) is 24.8 Å². The monoisotopic (exact) mass is 252 g/mol. The molecule has 0 aliphatic carbocycles. The van der Waals surface area contributed by atoms with Gasteiger partial charge in [-0.15, -0.1) is 24.8 Å². The van der Waals surface area contributed by atoms with Gasteiger partial charge >= 0.3 is 0 Å². The lowest BCUT2D eigenvalue weighted by Crippen LogP contribution is -2.50. The highest BCUT2D eigenvalue weighted by Crippen LogP contribution is 1.93. The number of nitrogens with zero attached hydrogens (tertiary/aromatic N) is 1. The van der Waals surface area contributed by atoms with Crippen LogP contribution in [-0.2, 0) is 0 Å². The van der Waals surface area contributed by atoms with E-state index in [1.165, 1.54) is 0 Å². The highest BCUT2D eigenvalue weighted by atomic mass is 35.5. The van der Waals surface area contributed by atoms with Crippen molar-refractivity contribution < 1.29 is 15.3 Å². The Balaban J connectivity index is -0.0000000733. The number of aliphatic hydroxyl groups excluding tert-OH is 3. The van der Waals surface area contributed by atoms with Crippen LogP contribution in [0.3, 0.4) is 0 Å². The molecule has 0 aromatic rings. The van der Waals surface area contributed by atoms with Gasteiger partial charge in [0.15, 0.2) is 0 Å². The fourth-order valence-electron chi connectivity index (χ4n) is 0.150. The third kappa shape index (κ3) is 18.2. The molecule has 0 aromatic carbocycles. The smallest absolute Gasteiger partial charge is 0.0856 e. The van der Waals surface area contributed by atoms with Gasteiger partial charge in [-0.05, 0) is 21.1 Å². The van der Waals surface area contributed by atoms with Crippen molar-refractivity contribution in [1.29, 1.82) is 0 Å². The van der Waals surface area contributed by atoms with Crippen LogP contribution in [0.1, 0.15) is 0 Å². The number of hydrogen-bond acceptors (Lipinski definition) is 5. The Morgan fingerprint density at radius 1 is 0.929 bits per heavy atom. The molecule has 0 radical (unpaired) electrons. The zero-order valence-corrected chi connectivity index (χ0v) is 10.4. The van der Waals surface area contributed by atoms with E-state index in [9.17, 15) is 0 Å². The summed E-state index contributed by atoms with van der Waals surface area (Å²) in [5.41, 5.74) is 3.94. The third-order valence-corrected chi connectivity index (χ3v) is 0.945. The molecule has 14 heavy (non-hydrogen) atoms. The molecular weight excluding hydrogens is 231 g/mol. The van der Waals surface area contributed by atoms with E-state index in [0.717, 1.165) is 0 Å². The van der Waals surface area contributed by atoms with E-state index in [0.29, 0.717) is 0 Å². The van der Waals surface area contributed by atoms with E-state index in [4.69, 9.17) is 21.1 Å². The molecule has 0 saturated heterocycles. The Hall–Kier alpha value is 0.380. The summed E-state index contributed by atoms with van der Waals surface area (Å²) in [7, 11) is 6.00. The second-order valence-corrected chi connectivity index (χ2v) is 3.18. The van der Waals surface area contributed by atoms with E-state index < -0.39 is 25.4 Å². The minimum Gasteiger partial charge on any atom is -0.394 e. The van der Waals surface area contributed by atoms with Crippen molar-refractivity contribution in [1.82, 2.24) is 4.90 Å². The maximum atomic E-state index is 8.34. The summed E-state index contributed by atoms with van der Waals surface area (Å²) in [5.74, 6) is 0. The normalized spacial score (nSPS) is 9.43. The van der Waals surface area contributed by atoms with Gasteiger partial charge in [0.25, 0.3) is 0 Å². The number of hydrogen-bond donors (Lipinski definition) is 4. The number of rotatable bonds is 3. The van der Waals surface area contributed by atoms with Crippen molar-refractivity contribution in [2.45, 2.75) is 5.54 Å². The van der Waals surface area contributed by atoms with Crippen LogP contribution in [0, 0.1) is 0 Å². The first kappa shape index (κ1) is 23.9. The van der Waals surface area contributed by atoms with Crippen LogP contribution in [0.25, 0.3) is 0 Å². The maximum absolute atomic E-state index is 8.34. The first-order chi connectivity index (χ1) is 5.41. The number of nitrogens with two attached hydrogens (primary N) is 1. The second kappa shape index (κ2) is 13.4. The van der Waals surface area contributed by atoms with Crippen molar-refractivity contribution in [3.8, 4) is 0 Å². The Morgan fingerprint density at radius 3 is 1.07 bits per heavy atom. The molecular formula is C7H22Cl2N2O3. The predicted molar refractivity (Wildman–Crippen MR) is 62.3 cm³/mol. The highest BCUT2D eigenvalue weighted by molar-refractivity contribution is 5.85. The molecule has 0 aliphatic heterocycles. The van der Waals surface area contributed by atoms with Crippen molar-refractivity contribution in [3.05, 3.63) is 0 Å². The van der Waals surface area contributed by atoms with Crippen molar-refractivity contribution in [2.24, 2.45) is 5.73 Å². The molecule has 7 heteroatoms. The van der Waals surface area contributed by atoms with Crippen molar-refractivity contribution in [3.63, 3.8) is 0 Å². The molecule has 0 heterocycles. The summed E-state index contributed by atoms with van der Waals surface area (Å²) in [6, 6.07) is 0. The van der Waals surface area contributed by atoms with Gasteiger partial charge in [-0.25, -0.2) is 0 Å². The second-order valence-electron chi connectivity index (χ2n) is 3.18. The summed E-state index contributed by atoms with van der Waals surface area (Å²) in [6.45, 7) is -1.21. The van der Waals surface area contributed by atoms with Crippen molar-refractivity contribution >= 4 is 24.8 Å². The summed E-state index contributed by atoms with van der Waals surface area (Å²) in [4.78, 5) is 2.00. The molecule has 0 amide bonds. The quantitative estimate of drug-likeness (QED) is 0.501. The van der Waals surface area contributed by atoms with Gasteiger partial charge in [-0.2, -0.15) is 0 Å². The minimum atomic E-state index is -1.21. The van der Waals surface area contributed by atoms with Crippen LogP contribution in [-0.4, -0.2) is 66.7 Å². The van der Waals surface area contributed by atoms with Gasteiger partial charge in [0.2, 0.25) is 0 Å². The molecule has 0 aromatic heterocycles. The summed E-state index contributed by atoms with van der Waals surface area (Å²) in [6.07, 6.45) is 0.